The van der Waals surface area contributed by atoms with Crippen LogP contribution < -0.4 is 0 Å². The topological polar surface area (TPSA) is 91.3 Å². The minimum Gasteiger partial charge on any atom is -0.457 e. The van der Waals surface area contributed by atoms with E-state index in [2.05, 4.69) is 13.8 Å². The van der Waals surface area contributed by atoms with E-state index in [9.17, 15) is 14.3 Å². The smallest absolute Gasteiger partial charge is 0.457 e. The first-order chi connectivity index (χ1) is 32.1. The van der Waals surface area contributed by atoms with E-state index < -0.39 is 13.9 Å². The van der Waals surface area contributed by atoms with Crippen LogP contribution in [0, 0.1) is 0 Å². The van der Waals surface area contributed by atoms with Crippen molar-refractivity contribution in [3.8, 4) is 0 Å². The molecule has 396 valence electrons. The predicted octanol–water partition coefficient (Wildman–Crippen LogP) is 18.3. The van der Waals surface area contributed by atoms with Crippen LogP contribution in [0.2, 0.25) is 0 Å². The maximum absolute atomic E-state index is 12.8. The van der Waals surface area contributed by atoms with Gasteiger partial charge in [0, 0.05) is 13.0 Å². The summed E-state index contributed by atoms with van der Waals surface area (Å²) in [7, 11) is 1.69. The summed E-state index contributed by atoms with van der Waals surface area (Å²) in [5, 5.41) is 0. The van der Waals surface area contributed by atoms with Crippen LogP contribution in [0.25, 0.3) is 0 Å². The largest absolute Gasteiger partial charge is 0.472 e. The van der Waals surface area contributed by atoms with Crippen molar-refractivity contribution < 1.29 is 37.3 Å². The van der Waals surface area contributed by atoms with Gasteiger partial charge in [0.2, 0.25) is 0 Å². The number of phosphoric ester groups is 1. The van der Waals surface area contributed by atoms with E-state index in [1.54, 1.807) is 0 Å². The highest BCUT2D eigenvalue weighted by molar-refractivity contribution is 7.47. The van der Waals surface area contributed by atoms with Crippen LogP contribution in [0.15, 0.2) is 0 Å². The number of rotatable bonds is 56. The zero-order chi connectivity index (χ0) is 48.3. The molecule has 0 spiro atoms. The molecule has 66 heavy (non-hydrogen) atoms. The molecule has 0 aliphatic carbocycles. The molecule has 1 N–H and O–H groups in total. The highest BCUT2D eigenvalue weighted by atomic mass is 31.2. The van der Waals surface area contributed by atoms with E-state index in [1.165, 1.54) is 250 Å². The Kier molecular flexibility index (Phi) is 50.5. The summed E-state index contributed by atoms with van der Waals surface area (Å²) in [6.45, 7) is 5.72. The van der Waals surface area contributed by atoms with Crippen LogP contribution in [0.5, 0.6) is 0 Å². The summed E-state index contributed by atoms with van der Waals surface area (Å²) in [6, 6.07) is 0. The Morgan fingerprint density at radius 3 is 1.00 bits per heavy atom. The van der Waals surface area contributed by atoms with Gasteiger partial charge in [-0.25, -0.2) is 4.57 Å². The Labute approximate surface area is 412 Å². The molecule has 0 aromatic heterocycles. The van der Waals surface area contributed by atoms with Crippen molar-refractivity contribution in [3.05, 3.63) is 0 Å². The van der Waals surface area contributed by atoms with Gasteiger partial charge < -0.3 is 18.9 Å². The second-order valence-electron chi connectivity index (χ2n) is 21.4. The fourth-order valence-electron chi connectivity index (χ4n) is 8.91. The van der Waals surface area contributed by atoms with E-state index in [1.807, 2.05) is 21.1 Å². The molecule has 0 radical (unpaired) electrons. The molecule has 0 aliphatic rings. The first-order valence-electron chi connectivity index (χ1n) is 29.3. The number of carbonyl (C=O) groups is 1. The first kappa shape index (κ1) is 65.5. The normalized spacial score (nSPS) is 13.4. The van der Waals surface area contributed by atoms with Crippen LogP contribution in [0.3, 0.4) is 0 Å². The van der Waals surface area contributed by atoms with Gasteiger partial charge in [0.25, 0.3) is 0 Å². The summed E-state index contributed by atoms with van der Waals surface area (Å²) in [5.41, 5.74) is 0. The minimum atomic E-state index is -4.27. The SMILES string of the molecule is CCCCCCCCCCCCCCCCCCCCCCCCCCCCCCC(=O)O[C@H](COCCCCCCCCCCCCCCCCCC)COP(=O)(O)OCC[N+](C)(C)C. The van der Waals surface area contributed by atoms with E-state index in [4.69, 9.17) is 18.5 Å². The van der Waals surface area contributed by atoms with Gasteiger partial charge in [-0.15, -0.1) is 0 Å². The second-order valence-corrected chi connectivity index (χ2v) is 22.9. The maximum atomic E-state index is 12.8. The Morgan fingerprint density at radius 1 is 0.409 bits per heavy atom. The van der Waals surface area contributed by atoms with E-state index in [0.29, 0.717) is 24.1 Å². The Balaban J connectivity index is 3.94. The summed E-state index contributed by atoms with van der Waals surface area (Å²) < 4.78 is 35.3. The summed E-state index contributed by atoms with van der Waals surface area (Å²) >= 11 is 0. The first-order valence-corrected chi connectivity index (χ1v) is 30.8. The number of unbranched alkanes of at least 4 members (excludes halogenated alkanes) is 42. The number of esters is 1. The third-order valence-electron chi connectivity index (χ3n) is 13.4. The molecule has 0 fully saturated rings. The molecule has 0 aliphatic heterocycles. The van der Waals surface area contributed by atoms with Crippen molar-refractivity contribution in [2.75, 3.05) is 54.1 Å². The fraction of sp³-hybridized carbons (Fsp3) is 0.982. The molecule has 0 heterocycles. The molecule has 0 aromatic rings. The molecule has 2 atom stereocenters. The van der Waals surface area contributed by atoms with Gasteiger partial charge in [-0.05, 0) is 12.8 Å². The average molecular weight is 960 g/mol. The maximum Gasteiger partial charge on any atom is 0.472 e. The van der Waals surface area contributed by atoms with Crippen LogP contribution in [0.1, 0.15) is 303 Å². The number of ether oxygens (including phenoxy) is 2. The van der Waals surface area contributed by atoms with Gasteiger partial charge in [0.05, 0.1) is 34.4 Å². The summed E-state index contributed by atoms with van der Waals surface area (Å²) in [4.78, 5) is 23.1. The lowest BCUT2D eigenvalue weighted by molar-refractivity contribution is -0.870. The highest BCUT2D eigenvalue weighted by Gasteiger charge is 2.26. The second kappa shape index (κ2) is 50.9. The van der Waals surface area contributed by atoms with Gasteiger partial charge in [-0.1, -0.05) is 284 Å². The summed E-state index contributed by atoms with van der Waals surface area (Å²) in [6.07, 6.45) is 58.9. The zero-order valence-corrected chi connectivity index (χ0v) is 46.1. The number of quaternary nitrogens is 1. The number of nitrogens with zero attached hydrogens (tertiary/aromatic N) is 1. The third-order valence-corrected chi connectivity index (χ3v) is 14.4. The monoisotopic (exact) mass is 959 g/mol. The fourth-order valence-corrected chi connectivity index (χ4v) is 9.65. The van der Waals surface area contributed by atoms with E-state index in [-0.39, 0.29) is 25.8 Å². The van der Waals surface area contributed by atoms with Crippen molar-refractivity contribution in [3.63, 3.8) is 0 Å². The molecule has 0 rings (SSSR count). The van der Waals surface area contributed by atoms with Crippen molar-refractivity contribution in [2.24, 2.45) is 0 Å². The molecule has 1 unspecified atom stereocenters. The Bertz CT molecular complexity index is 1020. The highest BCUT2D eigenvalue weighted by Crippen LogP contribution is 2.43. The van der Waals surface area contributed by atoms with Crippen molar-refractivity contribution in [2.45, 2.75) is 309 Å². The number of phosphoric acid groups is 1. The van der Waals surface area contributed by atoms with Crippen molar-refractivity contribution in [1.29, 1.82) is 0 Å². The van der Waals surface area contributed by atoms with Crippen LogP contribution in [0.4, 0.5) is 0 Å². The minimum absolute atomic E-state index is 0.0944. The van der Waals surface area contributed by atoms with Gasteiger partial charge >= 0.3 is 13.8 Å². The molecular weight excluding hydrogens is 842 g/mol. The average Bonchev–Trinajstić information content (AvgIpc) is 3.28. The molecule has 0 saturated heterocycles. The number of hydrogen-bond donors (Lipinski definition) is 1. The molecule has 8 nitrogen and oxygen atoms in total. The van der Waals surface area contributed by atoms with Crippen molar-refractivity contribution in [1.82, 2.24) is 0 Å². The number of likely N-dealkylation sites (N-methyl/N-ethyl adjacent to an activating group) is 1. The Morgan fingerprint density at radius 2 is 0.697 bits per heavy atom. The standard InChI is InChI=1S/C57H116NO7P/c1-6-8-10-12-14-16-18-20-22-24-25-26-27-28-29-30-31-32-33-34-35-36-38-40-42-44-46-48-50-57(59)65-56(55-64-66(60,61)63-53-51-58(3,4)5)54-62-52-49-47-45-43-41-39-37-23-21-19-17-15-13-11-9-7-2/h56H,6-55H2,1-5H3/p+1/t56-/m1/s1. The summed E-state index contributed by atoms with van der Waals surface area (Å²) in [5.74, 6) is -0.303. The Hall–Kier alpha value is -0.500. The third kappa shape index (κ3) is 54.4. The van der Waals surface area contributed by atoms with Crippen molar-refractivity contribution >= 4 is 13.8 Å². The van der Waals surface area contributed by atoms with Crippen LogP contribution in [-0.4, -0.2) is 75.6 Å². The quantitative estimate of drug-likeness (QED) is 0.0281. The van der Waals surface area contributed by atoms with Crippen LogP contribution in [-0.2, 0) is 27.9 Å². The van der Waals surface area contributed by atoms with Crippen LogP contribution >= 0.6 is 7.82 Å². The van der Waals surface area contributed by atoms with Gasteiger partial charge in [-0.3, -0.25) is 13.8 Å². The lowest BCUT2D eigenvalue weighted by atomic mass is 10.0. The van der Waals surface area contributed by atoms with E-state index in [0.717, 1.165) is 32.1 Å². The molecule has 0 aromatic carbocycles. The molecule has 0 saturated carbocycles. The molecule has 9 heteroatoms. The van der Waals surface area contributed by atoms with E-state index >= 15 is 0 Å². The lowest BCUT2D eigenvalue weighted by Crippen LogP contribution is -2.37. The van der Waals surface area contributed by atoms with Gasteiger partial charge in [-0.2, -0.15) is 0 Å². The zero-order valence-electron chi connectivity index (χ0n) is 45.2. The predicted molar refractivity (Wildman–Crippen MR) is 284 cm³/mol. The molecule has 0 amide bonds. The molecule has 0 bridgehead atoms. The lowest BCUT2D eigenvalue weighted by Gasteiger charge is -2.24. The number of hydrogen-bond acceptors (Lipinski definition) is 6. The molecular formula is C57H117NO7P+. The van der Waals surface area contributed by atoms with Gasteiger partial charge in [0.15, 0.2) is 0 Å². The number of carbonyl (C=O) groups excluding carboxylic acids is 1. The van der Waals surface area contributed by atoms with Gasteiger partial charge in [0.1, 0.15) is 19.3 Å².